The minimum Gasteiger partial charge on any atom is -0.380 e. The molecule has 0 aromatic rings. The van der Waals surface area contributed by atoms with Gasteiger partial charge in [-0.3, -0.25) is 0 Å². The second-order valence-corrected chi connectivity index (χ2v) is 9.47. The first-order valence-electron chi connectivity index (χ1n) is 4.21. The fourth-order valence-corrected chi connectivity index (χ4v) is 2.61. The van der Waals surface area contributed by atoms with Crippen LogP contribution in [0, 0.1) is 0 Å². The molecule has 0 aromatic heterocycles. The van der Waals surface area contributed by atoms with Crippen molar-refractivity contribution in [2.75, 3.05) is 7.11 Å². The Bertz CT molecular complexity index is 107. The molecule has 0 bridgehead atoms. The lowest BCUT2D eigenvalue weighted by molar-refractivity contribution is 0.0942. The molecule has 0 amide bonds. The summed E-state index contributed by atoms with van der Waals surface area (Å²) in [6.45, 7) is 8.95. The number of hydrogen-bond donors (Lipinski definition) is 1. The summed E-state index contributed by atoms with van der Waals surface area (Å²) in [4.78, 5) is 0. The molecule has 2 unspecified atom stereocenters. The van der Waals surface area contributed by atoms with E-state index in [-0.39, 0.29) is 11.8 Å². The maximum absolute atomic E-state index is 6.05. The number of hydrogen-bond acceptors (Lipinski definition) is 2. The molecule has 2 N–H and O–H groups in total. The Kier molecular flexibility index (Phi) is 4.29. The summed E-state index contributed by atoms with van der Waals surface area (Å²) in [6, 6.07) is 0. The molecule has 2 nitrogen and oxygen atoms in total. The summed E-state index contributed by atoms with van der Waals surface area (Å²) in [6.07, 6.45) is 1.27. The van der Waals surface area contributed by atoms with Crippen LogP contribution in [0.25, 0.3) is 0 Å². The summed E-state index contributed by atoms with van der Waals surface area (Å²) in [7, 11) is 0.531. The van der Waals surface area contributed by atoms with Crippen LogP contribution in [0.2, 0.25) is 19.6 Å². The van der Waals surface area contributed by atoms with E-state index >= 15 is 0 Å². The van der Waals surface area contributed by atoms with Gasteiger partial charge in [0, 0.05) is 12.8 Å². The van der Waals surface area contributed by atoms with Crippen LogP contribution >= 0.6 is 0 Å². The highest BCUT2D eigenvalue weighted by Gasteiger charge is 2.29. The van der Waals surface area contributed by atoms with E-state index in [4.69, 9.17) is 10.5 Å². The van der Waals surface area contributed by atoms with Gasteiger partial charge in [-0.2, -0.15) is 0 Å². The lowest BCUT2D eigenvalue weighted by Crippen LogP contribution is -2.53. The summed E-state index contributed by atoms with van der Waals surface area (Å²) in [5.41, 5.74) is 6.31. The number of nitrogens with two attached hydrogens (primary N) is 1. The molecule has 0 aliphatic carbocycles. The molecule has 0 fully saturated rings. The van der Waals surface area contributed by atoms with Gasteiger partial charge in [-0.15, -0.1) is 0 Å². The lowest BCUT2D eigenvalue weighted by Gasteiger charge is -2.31. The number of methoxy groups -OCH3 is 1. The highest BCUT2D eigenvalue weighted by atomic mass is 28.3. The first-order chi connectivity index (χ1) is 4.93. The van der Waals surface area contributed by atoms with Crippen LogP contribution in [0.1, 0.15) is 13.3 Å². The van der Waals surface area contributed by atoms with Crippen LogP contribution in [0.3, 0.4) is 0 Å². The zero-order valence-corrected chi connectivity index (χ0v) is 9.35. The molecule has 68 valence electrons. The van der Waals surface area contributed by atoms with Crippen LogP contribution in [-0.4, -0.2) is 27.0 Å². The van der Waals surface area contributed by atoms with E-state index in [1.54, 1.807) is 7.11 Å². The fourth-order valence-electron chi connectivity index (χ4n) is 1.12. The molecule has 0 saturated carbocycles. The van der Waals surface area contributed by atoms with Gasteiger partial charge >= 0.3 is 0 Å². The van der Waals surface area contributed by atoms with E-state index < -0.39 is 8.07 Å². The SMILES string of the molecule is CCC(OC)C(N)[Si](C)(C)C. The summed E-state index contributed by atoms with van der Waals surface area (Å²) >= 11 is 0. The van der Waals surface area contributed by atoms with Crippen LogP contribution in [0.4, 0.5) is 0 Å². The standard InChI is InChI=1S/C8H21NOSi/c1-6-7(10-2)8(9)11(3,4)5/h7-8H,6,9H2,1-5H3. The highest BCUT2D eigenvalue weighted by molar-refractivity contribution is 6.77. The number of rotatable bonds is 4. The van der Waals surface area contributed by atoms with E-state index in [1.165, 1.54) is 0 Å². The maximum atomic E-state index is 6.05. The summed E-state index contributed by atoms with van der Waals surface area (Å²) in [5.74, 6) is 0. The Labute approximate surface area is 71.1 Å². The Balaban J connectivity index is 4.09. The third kappa shape index (κ3) is 3.36. The molecule has 0 heterocycles. The zero-order chi connectivity index (χ0) is 9.07. The average Bonchev–Trinajstić information content (AvgIpc) is 1.88. The van der Waals surface area contributed by atoms with Crippen molar-refractivity contribution < 1.29 is 4.74 Å². The van der Waals surface area contributed by atoms with E-state index in [9.17, 15) is 0 Å². The largest absolute Gasteiger partial charge is 0.380 e. The molecule has 2 atom stereocenters. The molecule has 11 heavy (non-hydrogen) atoms. The van der Waals surface area contributed by atoms with Gasteiger partial charge in [-0.1, -0.05) is 26.6 Å². The van der Waals surface area contributed by atoms with E-state index in [0.29, 0.717) is 0 Å². The lowest BCUT2D eigenvalue weighted by atomic mass is 10.3. The van der Waals surface area contributed by atoms with Gasteiger partial charge in [0.15, 0.2) is 0 Å². The molecule has 0 spiro atoms. The van der Waals surface area contributed by atoms with Gasteiger partial charge < -0.3 is 10.5 Å². The predicted octanol–water partition coefficient (Wildman–Crippen LogP) is 1.62. The monoisotopic (exact) mass is 175 g/mol. The van der Waals surface area contributed by atoms with Gasteiger partial charge in [-0.05, 0) is 6.42 Å². The highest BCUT2D eigenvalue weighted by Crippen LogP contribution is 2.13. The Hall–Kier alpha value is 0.137. The molecule has 0 aromatic carbocycles. The molecule has 0 aliphatic rings. The Morgan fingerprint density at radius 1 is 1.36 bits per heavy atom. The Morgan fingerprint density at radius 3 is 1.91 bits per heavy atom. The predicted molar refractivity (Wildman–Crippen MR) is 52.4 cm³/mol. The van der Waals surface area contributed by atoms with Crippen LogP contribution in [0.5, 0.6) is 0 Å². The van der Waals surface area contributed by atoms with E-state index in [1.807, 2.05) is 0 Å². The molecule has 3 heteroatoms. The van der Waals surface area contributed by atoms with Crippen molar-refractivity contribution in [3.63, 3.8) is 0 Å². The van der Waals surface area contributed by atoms with Crippen molar-refractivity contribution >= 4 is 8.07 Å². The average molecular weight is 175 g/mol. The van der Waals surface area contributed by atoms with Crippen molar-refractivity contribution in [2.24, 2.45) is 5.73 Å². The van der Waals surface area contributed by atoms with Crippen molar-refractivity contribution in [1.29, 1.82) is 0 Å². The van der Waals surface area contributed by atoms with Gasteiger partial charge in [0.25, 0.3) is 0 Å². The molecular weight excluding hydrogens is 154 g/mol. The van der Waals surface area contributed by atoms with Gasteiger partial charge in [0.05, 0.1) is 14.2 Å². The first-order valence-corrected chi connectivity index (χ1v) is 7.79. The minimum atomic E-state index is -1.21. The van der Waals surface area contributed by atoms with Crippen LogP contribution < -0.4 is 5.73 Å². The summed E-state index contributed by atoms with van der Waals surface area (Å²) < 4.78 is 5.30. The quantitative estimate of drug-likeness (QED) is 0.659. The van der Waals surface area contributed by atoms with Crippen LogP contribution in [0.15, 0.2) is 0 Å². The second kappa shape index (κ2) is 4.23. The Morgan fingerprint density at radius 2 is 1.82 bits per heavy atom. The maximum Gasteiger partial charge on any atom is 0.0692 e. The minimum absolute atomic E-state index is 0.252. The molecule has 0 rings (SSSR count). The zero-order valence-electron chi connectivity index (χ0n) is 8.35. The van der Waals surface area contributed by atoms with Crippen molar-refractivity contribution in [2.45, 2.75) is 44.8 Å². The van der Waals surface area contributed by atoms with Crippen molar-refractivity contribution in [3.8, 4) is 0 Å². The number of ether oxygens (including phenoxy) is 1. The van der Waals surface area contributed by atoms with Gasteiger partial charge in [0.1, 0.15) is 0 Å². The third-order valence-electron chi connectivity index (χ3n) is 2.11. The molecule has 0 radical (unpaired) electrons. The first kappa shape index (κ1) is 11.1. The molecule has 0 aliphatic heterocycles. The second-order valence-electron chi connectivity index (χ2n) is 4.07. The van der Waals surface area contributed by atoms with Crippen LogP contribution in [-0.2, 0) is 4.74 Å². The molecular formula is C8H21NOSi. The fraction of sp³-hybridized carbons (Fsp3) is 1.00. The van der Waals surface area contributed by atoms with Gasteiger partial charge in [-0.25, -0.2) is 0 Å². The van der Waals surface area contributed by atoms with E-state index in [0.717, 1.165) is 6.42 Å². The third-order valence-corrected chi connectivity index (χ3v) is 4.48. The van der Waals surface area contributed by atoms with E-state index in [2.05, 4.69) is 26.6 Å². The smallest absolute Gasteiger partial charge is 0.0692 e. The van der Waals surface area contributed by atoms with Gasteiger partial charge in [0.2, 0.25) is 0 Å². The topological polar surface area (TPSA) is 35.2 Å². The van der Waals surface area contributed by atoms with Crippen molar-refractivity contribution in [1.82, 2.24) is 0 Å². The summed E-state index contributed by atoms with van der Waals surface area (Å²) in [5, 5.41) is 0. The normalized spacial score (nSPS) is 18.0. The van der Waals surface area contributed by atoms with Crippen molar-refractivity contribution in [3.05, 3.63) is 0 Å². The molecule has 0 saturated heterocycles.